The lowest BCUT2D eigenvalue weighted by Gasteiger charge is -2.20. The molecule has 3 rings (SSSR count). The number of anilines is 2. The van der Waals surface area contributed by atoms with E-state index in [4.69, 9.17) is 0 Å². The molecule has 156 valence electrons. The number of pyridine rings is 2. The van der Waals surface area contributed by atoms with Crippen LogP contribution in [0.15, 0.2) is 41.7 Å². The van der Waals surface area contributed by atoms with E-state index in [9.17, 15) is 4.39 Å². The number of halogens is 1. The number of nitrogens with zero attached hydrogens (tertiary/aromatic N) is 5. The maximum Gasteiger partial charge on any atom is 0.191 e. The molecule has 0 aliphatic carbocycles. The normalized spacial score (nSPS) is 16.8. The molecule has 1 saturated heterocycles. The molecule has 1 aliphatic rings. The highest BCUT2D eigenvalue weighted by Gasteiger charge is 2.25. The third-order valence-corrected chi connectivity index (χ3v) is 5.15. The van der Waals surface area contributed by atoms with Crippen molar-refractivity contribution in [3.8, 4) is 0 Å². The zero-order chi connectivity index (χ0) is 20.6. The van der Waals surface area contributed by atoms with Crippen molar-refractivity contribution in [2.75, 3.05) is 43.0 Å². The third kappa shape index (κ3) is 5.34. The molecule has 0 spiro atoms. The Bertz CT molecular complexity index is 805. The summed E-state index contributed by atoms with van der Waals surface area (Å²) in [6.45, 7) is 8.23. The van der Waals surface area contributed by atoms with Crippen LogP contribution >= 0.6 is 0 Å². The summed E-state index contributed by atoms with van der Waals surface area (Å²) in [5.41, 5.74) is 1.09. The van der Waals surface area contributed by atoms with Crippen molar-refractivity contribution < 1.29 is 4.39 Å². The van der Waals surface area contributed by atoms with Crippen LogP contribution in [0.5, 0.6) is 0 Å². The second-order valence-electron chi connectivity index (χ2n) is 7.01. The number of hydrogen-bond donors (Lipinski definition) is 2. The lowest BCUT2D eigenvalue weighted by atomic mass is 10.2. The summed E-state index contributed by atoms with van der Waals surface area (Å²) < 4.78 is 14.0. The van der Waals surface area contributed by atoms with Gasteiger partial charge in [-0.2, -0.15) is 0 Å². The topological polar surface area (TPSA) is 68.7 Å². The lowest BCUT2D eigenvalue weighted by Crippen LogP contribution is -2.44. The van der Waals surface area contributed by atoms with Crippen LogP contribution in [0.3, 0.4) is 0 Å². The van der Waals surface area contributed by atoms with Gasteiger partial charge in [0.25, 0.3) is 0 Å². The van der Waals surface area contributed by atoms with Gasteiger partial charge in [0.05, 0.1) is 0 Å². The quantitative estimate of drug-likeness (QED) is 0.551. The average Bonchev–Trinajstić information content (AvgIpc) is 3.21. The summed E-state index contributed by atoms with van der Waals surface area (Å²) in [5, 5.41) is 6.75. The van der Waals surface area contributed by atoms with E-state index in [1.54, 1.807) is 19.3 Å². The second kappa shape index (κ2) is 10.0. The van der Waals surface area contributed by atoms with E-state index >= 15 is 0 Å². The molecule has 0 aromatic carbocycles. The molecule has 2 aromatic rings. The molecule has 1 unspecified atom stereocenters. The Morgan fingerprint density at radius 1 is 1.28 bits per heavy atom. The summed E-state index contributed by atoms with van der Waals surface area (Å²) >= 11 is 0. The third-order valence-electron chi connectivity index (χ3n) is 5.15. The summed E-state index contributed by atoms with van der Waals surface area (Å²) in [4.78, 5) is 17.2. The van der Waals surface area contributed by atoms with Gasteiger partial charge in [0.1, 0.15) is 5.82 Å². The summed E-state index contributed by atoms with van der Waals surface area (Å²) in [6.07, 6.45) is 4.42. The molecule has 1 fully saturated rings. The zero-order valence-corrected chi connectivity index (χ0v) is 17.4. The van der Waals surface area contributed by atoms with Gasteiger partial charge in [0.15, 0.2) is 17.6 Å². The maximum absolute atomic E-state index is 14.0. The van der Waals surface area contributed by atoms with Gasteiger partial charge in [-0.15, -0.1) is 0 Å². The van der Waals surface area contributed by atoms with Crippen molar-refractivity contribution >= 4 is 17.6 Å². The Hall–Kier alpha value is -2.90. The van der Waals surface area contributed by atoms with Crippen LogP contribution in [0.2, 0.25) is 0 Å². The summed E-state index contributed by atoms with van der Waals surface area (Å²) in [6, 6.07) is 7.38. The molecule has 8 heteroatoms. The van der Waals surface area contributed by atoms with Gasteiger partial charge in [-0.1, -0.05) is 6.07 Å². The van der Waals surface area contributed by atoms with Gasteiger partial charge < -0.3 is 20.4 Å². The van der Waals surface area contributed by atoms with Crippen LogP contribution in [0.25, 0.3) is 0 Å². The largest absolute Gasteiger partial charge is 0.357 e. The van der Waals surface area contributed by atoms with Crippen molar-refractivity contribution in [3.05, 3.63) is 48.0 Å². The number of aromatic nitrogens is 2. The van der Waals surface area contributed by atoms with Crippen molar-refractivity contribution in [2.45, 2.75) is 32.9 Å². The highest BCUT2D eigenvalue weighted by Crippen LogP contribution is 2.20. The van der Waals surface area contributed by atoms with Crippen molar-refractivity contribution in [3.63, 3.8) is 0 Å². The fraction of sp³-hybridized carbons (Fsp3) is 0.476. The predicted molar refractivity (Wildman–Crippen MR) is 116 cm³/mol. The van der Waals surface area contributed by atoms with E-state index in [2.05, 4.69) is 56.5 Å². The first-order valence-electron chi connectivity index (χ1n) is 10.2. The molecule has 0 radical (unpaired) electrons. The molecule has 1 atom stereocenters. The van der Waals surface area contributed by atoms with E-state index in [1.165, 1.54) is 6.07 Å². The number of hydrogen-bond acceptors (Lipinski definition) is 5. The van der Waals surface area contributed by atoms with Gasteiger partial charge in [-0.3, -0.25) is 4.99 Å². The van der Waals surface area contributed by atoms with Crippen LogP contribution in [0.4, 0.5) is 16.0 Å². The van der Waals surface area contributed by atoms with E-state index in [0.29, 0.717) is 18.9 Å². The Labute approximate surface area is 172 Å². The standard InChI is InChI=1S/C21H30FN7/c1-4-28(5-2)19-9-8-16(13-25-19)14-26-21(23-3)27-17-10-12-29(15-17)20-18(22)7-6-11-24-20/h6-9,11,13,17H,4-5,10,12,14-15H2,1-3H3,(H2,23,26,27). The summed E-state index contributed by atoms with van der Waals surface area (Å²) in [7, 11) is 1.75. The maximum atomic E-state index is 14.0. The Morgan fingerprint density at radius 3 is 2.76 bits per heavy atom. The van der Waals surface area contributed by atoms with E-state index in [1.807, 2.05) is 11.1 Å². The molecule has 7 nitrogen and oxygen atoms in total. The van der Waals surface area contributed by atoms with Crippen LogP contribution < -0.4 is 20.4 Å². The fourth-order valence-corrected chi connectivity index (χ4v) is 3.51. The number of guanidine groups is 1. The molecular formula is C21H30FN7. The van der Waals surface area contributed by atoms with Crippen LogP contribution in [0, 0.1) is 5.82 Å². The molecule has 1 aliphatic heterocycles. The minimum atomic E-state index is -0.281. The Balaban J connectivity index is 1.51. The lowest BCUT2D eigenvalue weighted by molar-refractivity contribution is 0.612. The molecular weight excluding hydrogens is 369 g/mol. The SMILES string of the molecule is CCN(CC)c1ccc(CNC(=NC)NC2CCN(c3ncccc3F)C2)cn1. The minimum Gasteiger partial charge on any atom is -0.357 e. The molecule has 2 N–H and O–H groups in total. The van der Waals surface area contributed by atoms with Gasteiger partial charge in [0, 0.05) is 58.2 Å². The van der Waals surface area contributed by atoms with Crippen molar-refractivity contribution in [1.82, 2.24) is 20.6 Å². The number of rotatable bonds is 7. The van der Waals surface area contributed by atoms with Gasteiger partial charge >= 0.3 is 0 Å². The molecule has 0 saturated carbocycles. The monoisotopic (exact) mass is 399 g/mol. The van der Waals surface area contributed by atoms with Crippen LogP contribution in [-0.4, -0.2) is 55.2 Å². The van der Waals surface area contributed by atoms with E-state index in [0.717, 1.165) is 43.4 Å². The molecule has 29 heavy (non-hydrogen) atoms. The van der Waals surface area contributed by atoms with E-state index < -0.39 is 0 Å². The van der Waals surface area contributed by atoms with Crippen molar-refractivity contribution in [2.24, 2.45) is 4.99 Å². The molecule has 0 amide bonds. The fourth-order valence-electron chi connectivity index (χ4n) is 3.51. The van der Waals surface area contributed by atoms with Crippen LogP contribution in [0.1, 0.15) is 25.8 Å². The molecule has 3 heterocycles. The average molecular weight is 400 g/mol. The predicted octanol–water partition coefficient (Wildman–Crippen LogP) is 2.41. The van der Waals surface area contributed by atoms with Gasteiger partial charge in [0.2, 0.25) is 0 Å². The van der Waals surface area contributed by atoms with Gasteiger partial charge in [-0.05, 0) is 44.0 Å². The molecule has 2 aromatic heterocycles. The van der Waals surface area contributed by atoms with Crippen LogP contribution in [-0.2, 0) is 6.54 Å². The van der Waals surface area contributed by atoms with Crippen molar-refractivity contribution in [1.29, 1.82) is 0 Å². The van der Waals surface area contributed by atoms with Gasteiger partial charge in [-0.25, -0.2) is 14.4 Å². The summed E-state index contributed by atoms with van der Waals surface area (Å²) in [5.74, 6) is 1.86. The first-order valence-corrected chi connectivity index (χ1v) is 10.2. The smallest absolute Gasteiger partial charge is 0.191 e. The Morgan fingerprint density at radius 2 is 2.10 bits per heavy atom. The Kier molecular flexibility index (Phi) is 7.21. The van der Waals surface area contributed by atoms with E-state index in [-0.39, 0.29) is 11.9 Å². The minimum absolute atomic E-state index is 0.186. The first-order chi connectivity index (χ1) is 14.1. The second-order valence-corrected chi connectivity index (χ2v) is 7.01. The highest BCUT2D eigenvalue weighted by molar-refractivity contribution is 5.80. The zero-order valence-electron chi connectivity index (χ0n) is 17.4. The number of aliphatic imine (C=N–C) groups is 1. The molecule has 0 bridgehead atoms. The number of nitrogens with one attached hydrogen (secondary N) is 2. The highest BCUT2D eigenvalue weighted by atomic mass is 19.1. The first kappa shape index (κ1) is 20.8.